The second-order valence-electron chi connectivity index (χ2n) is 9.35. The topological polar surface area (TPSA) is 32.7 Å². The first kappa shape index (κ1) is 27.4. The summed E-state index contributed by atoms with van der Waals surface area (Å²) in [5.41, 5.74) is 4.82. The van der Waals surface area contributed by atoms with E-state index in [1.54, 1.807) is 7.05 Å². The molecule has 1 aliphatic rings. The van der Waals surface area contributed by atoms with Crippen molar-refractivity contribution in [2.24, 2.45) is 16.8 Å². The summed E-state index contributed by atoms with van der Waals surface area (Å²) in [6.07, 6.45) is 20.4. The summed E-state index contributed by atoms with van der Waals surface area (Å²) >= 11 is 0. The largest absolute Gasteiger partial charge is 0.337 e. The molecule has 1 amide bonds. The van der Waals surface area contributed by atoms with E-state index in [0.717, 1.165) is 55.5 Å². The molecule has 0 N–H and O–H groups in total. The Labute approximate surface area is 207 Å². The van der Waals surface area contributed by atoms with E-state index in [4.69, 9.17) is 6.42 Å². The van der Waals surface area contributed by atoms with Gasteiger partial charge in [-0.25, -0.2) is 0 Å². The minimum absolute atomic E-state index is 0.0554. The molecule has 3 heteroatoms. The Balaban J connectivity index is 2.30. The Bertz CT molecular complexity index is 956. The highest BCUT2D eigenvalue weighted by molar-refractivity contribution is 6.44. The number of likely N-dealkylation sites (tertiary alicyclic amines) is 1. The fourth-order valence-corrected chi connectivity index (χ4v) is 4.63. The summed E-state index contributed by atoms with van der Waals surface area (Å²) in [6, 6.07) is 8.01. The van der Waals surface area contributed by atoms with Crippen molar-refractivity contribution in [3.63, 3.8) is 0 Å². The van der Waals surface area contributed by atoms with Crippen molar-refractivity contribution in [3.8, 4) is 12.3 Å². The highest BCUT2D eigenvalue weighted by Crippen LogP contribution is 2.28. The zero-order valence-corrected chi connectivity index (χ0v) is 21.8. The standard InChI is InChI=1S/C31H42N2O/c1-7-13-27-20-26(10-4)22-33(23-27)31(34)30(32-6)21-29(15-12-11-14-24(5)8-2)28-18-16-25(9-3)17-19-28/h3,8,11,14,16-19,21,26-27H,7,10,12-13,15,20,22-23H2,1-2,4-6H3/b14-11-,24-8-,29-21+,32-30?. The van der Waals surface area contributed by atoms with E-state index < -0.39 is 0 Å². The number of hydrogen-bond donors (Lipinski definition) is 0. The summed E-state index contributed by atoms with van der Waals surface area (Å²) in [7, 11) is 1.73. The monoisotopic (exact) mass is 458 g/mol. The number of terminal acetylenes is 1. The van der Waals surface area contributed by atoms with Gasteiger partial charge in [0.1, 0.15) is 5.71 Å². The molecule has 0 saturated carbocycles. The molecule has 0 radical (unpaired) electrons. The van der Waals surface area contributed by atoms with Crippen LogP contribution >= 0.6 is 0 Å². The number of amides is 1. The van der Waals surface area contributed by atoms with Gasteiger partial charge in [-0.3, -0.25) is 9.79 Å². The number of carbonyl (C=O) groups excluding carboxylic acids is 1. The average molecular weight is 459 g/mol. The molecule has 2 atom stereocenters. The van der Waals surface area contributed by atoms with Crippen molar-refractivity contribution in [3.05, 3.63) is 65.3 Å². The first-order valence-corrected chi connectivity index (χ1v) is 12.8. The third-order valence-electron chi connectivity index (χ3n) is 6.80. The minimum Gasteiger partial charge on any atom is -0.337 e. The molecule has 0 bridgehead atoms. The number of nitrogens with zero attached hydrogens (tertiary/aromatic N) is 2. The quantitative estimate of drug-likeness (QED) is 0.209. The summed E-state index contributed by atoms with van der Waals surface area (Å²) in [6.45, 7) is 10.3. The maximum absolute atomic E-state index is 13.6. The van der Waals surface area contributed by atoms with Crippen molar-refractivity contribution >= 4 is 17.2 Å². The van der Waals surface area contributed by atoms with Crippen LogP contribution in [0.5, 0.6) is 0 Å². The van der Waals surface area contributed by atoms with Gasteiger partial charge in [0.2, 0.25) is 0 Å². The number of benzene rings is 1. The van der Waals surface area contributed by atoms with Crippen LogP contribution in [0.1, 0.15) is 77.3 Å². The van der Waals surface area contributed by atoms with Crippen LogP contribution in [0.3, 0.4) is 0 Å². The molecule has 182 valence electrons. The van der Waals surface area contributed by atoms with E-state index in [0.29, 0.717) is 17.5 Å². The summed E-state index contributed by atoms with van der Waals surface area (Å²) in [5.74, 6) is 3.90. The van der Waals surface area contributed by atoms with Crippen LogP contribution in [0.4, 0.5) is 0 Å². The molecular formula is C31H42N2O. The van der Waals surface area contributed by atoms with Crippen LogP contribution in [0.25, 0.3) is 5.57 Å². The lowest BCUT2D eigenvalue weighted by molar-refractivity contribution is -0.126. The minimum atomic E-state index is 0.0554. The molecule has 1 aliphatic heterocycles. The van der Waals surface area contributed by atoms with Crippen molar-refractivity contribution in [2.45, 2.75) is 66.2 Å². The van der Waals surface area contributed by atoms with Crippen LogP contribution in [0.15, 0.2) is 59.1 Å². The third kappa shape index (κ3) is 8.17. The van der Waals surface area contributed by atoms with E-state index in [2.05, 4.69) is 49.9 Å². The molecule has 0 aliphatic carbocycles. The van der Waals surface area contributed by atoms with Crippen LogP contribution in [-0.4, -0.2) is 36.7 Å². The lowest BCUT2D eigenvalue weighted by Gasteiger charge is -2.37. The van der Waals surface area contributed by atoms with Gasteiger partial charge in [0.05, 0.1) is 0 Å². The van der Waals surface area contributed by atoms with Gasteiger partial charge >= 0.3 is 0 Å². The lowest BCUT2D eigenvalue weighted by Crippen LogP contribution is -2.46. The van der Waals surface area contributed by atoms with Crippen molar-refractivity contribution in [1.82, 2.24) is 4.90 Å². The molecule has 1 fully saturated rings. The maximum atomic E-state index is 13.6. The molecule has 2 unspecified atom stereocenters. The van der Waals surface area contributed by atoms with Gasteiger partial charge in [-0.2, -0.15) is 0 Å². The Morgan fingerprint density at radius 1 is 1.21 bits per heavy atom. The molecule has 2 rings (SSSR count). The average Bonchev–Trinajstić information content (AvgIpc) is 2.87. The van der Waals surface area contributed by atoms with Crippen molar-refractivity contribution < 1.29 is 4.79 Å². The van der Waals surface area contributed by atoms with E-state index in [1.807, 2.05) is 42.2 Å². The van der Waals surface area contributed by atoms with Crippen molar-refractivity contribution in [2.75, 3.05) is 20.1 Å². The van der Waals surface area contributed by atoms with E-state index in [-0.39, 0.29) is 5.91 Å². The normalized spacial score (nSPS) is 20.0. The maximum Gasteiger partial charge on any atom is 0.272 e. The van der Waals surface area contributed by atoms with Crippen LogP contribution in [0.2, 0.25) is 0 Å². The fraction of sp³-hybridized carbons (Fsp3) is 0.484. The number of aliphatic imine (C=N–C) groups is 1. The van der Waals surface area contributed by atoms with Gasteiger partial charge in [0.25, 0.3) is 5.91 Å². The number of rotatable bonds is 10. The van der Waals surface area contributed by atoms with Gasteiger partial charge < -0.3 is 4.90 Å². The fourth-order valence-electron chi connectivity index (χ4n) is 4.63. The first-order chi connectivity index (χ1) is 16.4. The van der Waals surface area contributed by atoms with Gasteiger partial charge in [0, 0.05) is 25.7 Å². The van der Waals surface area contributed by atoms with Crippen molar-refractivity contribution in [1.29, 1.82) is 0 Å². The van der Waals surface area contributed by atoms with Crippen LogP contribution in [-0.2, 0) is 4.79 Å². The second kappa shape index (κ2) is 14.4. The molecule has 3 nitrogen and oxygen atoms in total. The Morgan fingerprint density at radius 3 is 2.50 bits per heavy atom. The van der Waals surface area contributed by atoms with Crippen LogP contribution in [0, 0.1) is 24.2 Å². The highest BCUT2D eigenvalue weighted by Gasteiger charge is 2.30. The highest BCUT2D eigenvalue weighted by atomic mass is 16.2. The molecule has 1 heterocycles. The molecule has 0 spiro atoms. The second-order valence-corrected chi connectivity index (χ2v) is 9.35. The summed E-state index contributed by atoms with van der Waals surface area (Å²) < 4.78 is 0. The van der Waals surface area contributed by atoms with Crippen LogP contribution < -0.4 is 0 Å². The first-order valence-electron chi connectivity index (χ1n) is 12.8. The summed E-state index contributed by atoms with van der Waals surface area (Å²) in [4.78, 5) is 20.1. The molecule has 0 aromatic heterocycles. The van der Waals surface area contributed by atoms with E-state index in [1.165, 1.54) is 18.4 Å². The van der Waals surface area contributed by atoms with E-state index in [9.17, 15) is 4.79 Å². The Morgan fingerprint density at radius 2 is 1.91 bits per heavy atom. The number of carbonyl (C=O) groups is 1. The number of hydrogen-bond acceptors (Lipinski definition) is 2. The van der Waals surface area contributed by atoms with Gasteiger partial charge in [-0.15, -0.1) is 6.42 Å². The Kier molecular flexibility index (Phi) is 11.6. The smallest absolute Gasteiger partial charge is 0.272 e. The molecule has 1 aromatic rings. The van der Waals surface area contributed by atoms with Gasteiger partial charge in [-0.05, 0) is 80.7 Å². The molecule has 34 heavy (non-hydrogen) atoms. The molecular weight excluding hydrogens is 416 g/mol. The van der Waals surface area contributed by atoms with Gasteiger partial charge in [-0.1, -0.05) is 68.5 Å². The molecule has 1 saturated heterocycles. The third-order valence-corrected chi connectivity index (χ3v) is 6.80. The SMILES string of the molecule is C#Cc1ccc(/C(=C/C(=NC)C(=O)N2CC(CC)CC(CCC)C2)CC/C=C\C(C)=C/C)cc1. The predicted molar refractivity (Wildman–Crippen MR) is 147 cm³/mol. The zero-order chi connectivity index (χ0) is 24.9. The van der Waals surface area contributed by atoms with E-state index >= 15 is 0 Å². The molecule has 1 aromatic carbocycles. The predicted octanol–water partition coefficient (Wildman–Crippen LogP) is 7.10. The Hall–Kier alpha value is -2.86. The number of piperidine rings is 1. The van der Waals surface area contributed by atoms with Gasteiger partial charge in [0.15, 0.2) is 0 Å². The summed E-state index contributed by atoms with van der Waals surface area (Å²) in [5, 5.41) is 0. The lowest BCUT2D eigenvalue weighted by atomic mass is 9.85. The zero-order valence-electron chi connectivity index (χ0n) is 21.8. The number of allylic oxidation sites excluding steroid dienone is 5.